The highest BCUT2D eigenvalue weighted by atomic mass is 16.6. The Labute approximate surface area is 120 Å². The van der Waals surface area contributed by atoms with Gasteiger partial charge in [0.2, 0.25) is 0 Å². The van der Waals surface area contributed by atoms with E-state index in [-0.39, 0.29) is 5.69 Å². The fourth-order valence-corrected chi connectivity index (χ4v) is 2.75. The van der Waals surface area contributed by atoms with E-state index in [1.165, 1.54) is 0 Å². The number of nitrogens with one attached hydrogen (secondary N) is 1. The highest BCUT2D eigenvalue weighted by Crippen LogP contribution is 2.38. The van der Waals surface area contributed by atoms with Crippen molar-refractivity contribution in [2.75, 3.05) is 6.61 Å². The van der Waals surface area contributed by atoms with E-state index in [4.69, 9.17) is 4.74 Å². The topological polar surface area (TPSA) is 126 Å². The molecular formula is C14H17NO6. The normalized spacial score (nSPS) is 37.0. The Bertz CT molecular complexity index is 610. The summed E-state index contributed by atoms with van der Waals surface area (Å²) in [4.78, 5) is 2.91. The molecule has 0 spiro atoms. The zero-order valence-corrected chi connectivity index (χ0v) is 11.0. The van der Waals surface area contributed by atoms with Crippen LogP contribution in [0.5, 0.6) is 0 Å². The van der Waals surface area contributed by atoms with Gasteiger partial charge in [-0.05, 0) is 17.5 Å². The molecule has 0 bridgehead atoms. The van der Waals surface area contributed by atoms with Gasteiger partial charge < -0.3 is 35.3 Å². The van der Waals surface area contributed by atoms with E-state index in [2.05, 4.69) is 4.98 Å². The summed E-state index contributed by atoms with van der Waals surface area (Å²) in [5.41, 5.74) is -1.32. The number of rotatable bonds is 2. The Hall–Kier alpha value is -1.48. The van der Waals surface area contributed by atoms with Crippen LogP contribution in [0.25, 0.3) is 10.9 Å². The number of ether oxygens (including phenoxy) is 1. The minimum atomic E-state index is -2.18. The van der Waals surface area contributed by atoms with Crippen LogP contribution in [-0.4, -0.2) is 61.7 Å². The van der Waals surface area contributed by atoms with Crippen LogP contribution in [0.3, 0.4) is 0 Å². The summed E-state index contributed by atoms with van der Waals surface area (Å²) in [5.74, 6) is 0. The number of aliphatic hydroxyl groups excluding tert-OH is 4. The maximum atomic E-state index is 10.8. The highest BCUT2D eigenvalue weighted by Gasteiger charge is 2.56. The smallest absolute Gasteiger partial charge is 0.184 e. The van der Waals surface area contributed by atoms with Crippen LogP contribution in [0.15, 0.2) is 30.3 Å². The van der Waals surface area contributed by atoms with Gasteiger partial charge in [0.05, 0.1) is 12.3 Å². The predicted octanol–water partition coefficient (Wildman–Crippen LogP) is -1.21. The molecule has 6 N–H and O–H groups in total. The molecule has 7 nitrogen and oxygen atoms in total. The van der Waals surface area contributed by atoms with Gasteiger partial charge in [-0.25, -0.2) is 0 Å². The fourth-order valence-electron chi connectivity index (χ4n) is 2.75. The van der Waals surface area contributed by atoms with Crippen LogP contribution in [0.2, 0.25) is 0 Å². The maximum Gasteiger partial charge on any atom is 0.184 e. The van der Waals surface area contributed by atoms with Gasteiger partial charge in [0, 0.05) is 5.52 Å². The third-order valence-corrected chi connectivity index (χ3v) is 3.98. The molecule has 114 valence electrons. The lowest BCUT2D eigenvalue weighted by atomic mass is 9.81. The molecule has 1 aromatic heterocycles. The molecule has 5 atom stereocenters. The number of benzene rings is 1. The first-order valence-corrected chi connectivity index (χ1v) is 6.59. The Morgan fingerprint density at radius 2 is 1.86 bits per heavy atom. The van der Waals surface area contributed by atoms with Gasteiger partial charge in [-0.15, -0.1) is 0 Å². The quantitative estimate of drug-likeness (QED) is 0.413. The number of aromatic amines is 1. The van der Waals surface area contributed by atoms with Gasteiger partial charge in [-0.3, -0.25) is 0 Å². The standard InChI is InChI=1S/C14H17NO6/c16-6-9-11(17)14(20,12(18)13(19)21-9)10-5-7-3-1-2-4-8(7)15-10/h1-5,9,11-13,15-20H,6H2/t9-,11+,12+,13-,14+/m1/s1. The van der Waals surface area contributed by atoms with Gasteiger partial charge in [-0.2, -0.15) is 0 Å². The zero-order chi connectivity index (χ0) is 15.2. The molecule has 1 aliphatic rings. The number of hydrogen-bond acceptors (Lipinski definition) is 6. The predicted molar refractivity (Wildman–Crippen MR) is 72.2 cm³/mol. The van der Waals surface area contributed by atoms with E-state index in [0.29, 0.717) is 5.52 Å². The lowest BCUT2D eigenvalue weighted by Crippen LogP contribution is -2.65. The van der Waals surface area contributed by atoms with Crippen molar-refractivity contribution in [3.8, 4) is 0 Å². The second-order valence-electron chi connectivity index (χ2n) is 5.23. The highest BCUT2D eigenvalue weighted by molar-refractivity contribution is 5.80. The van der Waals surface area contributed by atoms with E-state index < -0.39 is 36.8 Å². The summed E-state index contributed by atoms with van der Waals surface area (Å²) in [7, 11) is 0. The first-order valence-electron chi connectivity index (χ1n) is 6.59. The van der Waals surface area contributed by atoms with Crippen LogP contribution in [0, 0.1) is 0 Å². The molecule has 0 unspecified atom stereocenters. The summed E-state index contributed by atoms with van der Waals surface area (Å²) in [6.45, 7) is -0.604. The number of para-hydroxylation sites is 1. The van der Waals surface area contributed by atoms with Gasteiger partial charge in [0.25, 0.3) is 0 Å². The van der Waals surface area contributed by atoms with Crippen molar-refractivity contribution in [2.45, 2.75) is 30.2 Å². The Kier molecular flexibility index (Phi) is 3.48. The van der Waals surface area contributed by atoms with E-state index >= 15 is 0 Å². The first kappa shape index (κ1) is 14.5. The lowest BCUT2D eigenvalue weighted by molar-refractivity contribution is -0.327. The molecule has 0 amide bonds. The van der Waals surface area contributed by atoms with Crippen molar-refractivity contribution < 1.29 is 30.3 Å². The van der Waals surface area contributed by atoms with Gasteiger partial charge >= 0.3 is 0 Å². The number of hydrogen-bond donors (Lipinski definition) is 6. The van der Waals surface area contributed by atoms with Gasteiger partial charge in [-0.1, -0.05) is 18.2 Å². The van der Waals surface area contributed by atoms with E-state index in [1.54, 1.807) is 24.3 Å². The Morgan fingerprint density at radius 3 is 2.52 bits per heavy atom. The molecule has 3 rings (SSSR count). The summed E-state index contributed by atoms with van der Waals surface area (Å²) in [6.07, 6.45) is -6.29. The van der Waals surface area contributed by atoms with Crippen molar-refractivity contribution >= 4 is 10.9 Å². The zero-order valence-electron chi connectivity index (χ0n) is 11.0. The number of H-pyrrole nitrogens is 1. The number of aromatic nitrogens is 1. The van der Waals surface area contributed by atoms with Gasteiger partial charge in [0.15, 0.2) is 11.9 Å². The Morgan fingerprint density at radius 1 is 1.14 bits per heavy atom. The minimum Gasteiger partial charge on any atom is -0.394 e. The first-order chi connectivity index (χ1) is 9.98. The summed E-state index contributed by atoms with van der Waals surface area (Å²) < 4.78 is 4.88. The van der Waals surface area contributed by atoms with Crippen LogP contribution in [-0.2, 0) is 10.3 Å². The molecular weight excluding hydrogens is 278 g/mol. The SMILES string of the molecule is OC[C@H]1O[C@@H](O)[C@H](O)[C@](O)(c2cc3ccccc3[nH]2)[C@H]1O. The minimum absolute atomic E-state index is 0.143. The molecule has 7 heteroatoms. The molecule has 0 radical (unpaired) electrons. The fraction of sp³-hybridized carbons (Fsp3) is 0.429. The lowest BCUT2D eigenvalue weighted by Gasteiger charge is -2.45. The third kappa shape index (κ3) is 2.06. The molecule has 21 heavy (non-hydrogen) atoms. The maximum absolute atomic E-state index is 10.8. The van der Waals surface area contributed by atoms with Crippen LogP contribution >= 0.6 is 0 Å². The molecule has 1 aliphatic heterocycles. The van der Waals surface area contributed by atoms with Crippen molar-refractivity contribution in [1.82, 2.24) is 4.98 Å². The van der Waals surface area contributed by atoms with Crippen LogP contribution in [0.1, 0.15) is 5.69 Å². The second kappa shape index (κ2) is 5.06. The number of fused-ring (bicyclic) bond motifs is 1. The average molecular weight is 295 g/mol. The van der Waals surface area contributed by atoms with Crippen LogP contribution < -0.4 is 0 Å². The third-order valence-electron chi connectivity index (χ3n) is 3.98. The largest absolute Gasteiger partial charge is 0.394 e. The van der Waals surface area contributed by atoms with Crippen molar-refractivity contribution in [3.05, 3.63) is 36.0 Å². The molecule has 2 heterocycles. The van der Waals surface area contributed by atoms with Gasteiger partial charge in [0.1, 0.15) is 18.3 Å². The molecule has 1 fully saturated rings. The van der Waals surface area contributed by atoms with Crippen LogP contribution in [0.4, 0.5) is 0 Å². The van der Waals surface area contributed by atoms with E-state index in [9.17, 15) is 25.5 Å². The second-order valence-corrected chi connectivity index (χ2v) is 5.23. The van der Waals surface area contributed by atoms with E-state index in [0.717, 1.165) is 5.39 Å². The molecule has 0 saturated carbocycles. The number of aliphatic hydroxyl groups is 5. The van der Waals surface area contributed by atoms with E-state index in [1.807, 2.05) is 6.07 Å². The van der Waals surface area contributed by atoms with Crippen molar-refractivity contribution in [3.63, 3.8) is 0 Å². The summed E-state index contributed by atoms with van der Waals surface area (Å²) in [5, 5.41) is 50.7. The molecule has 1 aromatic carbocycles. The Balaban J connectivity index is 2.10. The van der Waals surface area contributed by atoms with Crippen molar-refractivity contribution in [2.24, 2.45) is 0 Å². The molecule has 2 aromatic rings. The average Bonchev–Trinajstić information content (AvgIpc) is 2.93. The summed E-state index contributed by atoms with van der Waals surface area (Å²) >= 11 is 0. The molecule has 1 saturated heterocycles. The monoisotopic (exact) mass is 295 g/mol. The molecule has 0 aliphatic carbocycles. The van der Waals surface area contributed by atoms with Crippen molar-refractivity contribution in [1.29, 1.82) is 0 Å². The summed E-state index contributed by atoms with van der Waals surface area (Å²) in [6, 6.07) is 8.77.